The van der Waals surface area contributed by atoms with Gasteiger partial charge >= 0.3 is 0 Å². The number of aromatic nitrogens is 1. The number of para-hydroxylation sites is 1. The molecule has 1 N–H and O–H groups in total. The molecule has 0 saturated carbocycles. The average Bonchev–Trinajstić information content (AvgIpc) is 3.15. The first kappa shape index (κ1) is 21.2. The average molecular weight is 435 g/mol. The van der Waals surface area contributed by atoms with E-state index in [0.29, 0.717) is 29.3 Å². The van der Waals surface area contributed by atoms with Gasteiger partial charge in [-0.3, -0.25) is 4.79 Å². The fourth-order valence-electron chi connectivity index (χ4n) is 2.73. The van der Waals surface area contributed by atoms with Gasteiger partial charge in [0.05, 0.1) is 23.5 Å². The number of carbonyl (C=O) groups is 1. The quantitative estimate of drug-likeness (QED) is 0.517. The Morgan fingerprint density at radius 1 is 1.24 bits per heavy atom. The smallest absolute Gasteiger partial charge is 0.257 e. The second-order valence-electron chi connectivity index (χ2n) is 6.21. The van der Waals surface area contributed by atoms with Gasteiger partial charge in [0.25, 0.3) is 5.22 Å². The summed E-state index contributed by atoms with van der Waals surface area (Å²) in [6, 6.07) is 12.3. The molecule has 1 heterocycles. The van der Waals surface area contributed by atoms with E-state index in [1.165, 1.54) is 12.1 Å². The molecule has 0 atom stereocenters. The molecular formula is C20H22N2O5S2. The Morgan fingerprint density at radius 2 is 2.03 bits per heavy atom. The third kappa shape index (κ3) is 5.30. The van der Waals surface area contributed by atoms with E-state index in [1.807, 2.05) is 24.3 Å². The molecule has 0 radical (unpaired) electrons. The number of fused-ring (bicyclic) bond motifs is 1. The largest absolute Gasteiger partial charge is 0.496 e. The zero-order valence-corrected chi connectivity index (χ0v) is 17.8. The summed E-state index contributed by atoms with van der Waals surface area (Å²) in [4.78, 5) is 16.6. The van der Waals surface area contributed by atoms with E-state index >= 15 is 0 Å². The first-order valence-corrected chi connectivity index (χ1v) is 11.7. The zero-order chi connectivity index (χ0) is 20.9. The molecule has 154 valence electrons. The molecule has 3 aromatic rings. The van der Waals surface area contributed by atoms with Crippen molar-refractivity contribution in [3.8, 4) is 5.75 Å². The monoisotopic (exact) mass is 434 g/mol. The number of rotatable bonds is 9. The predicted molar refractivity (Wildman–Crippen MR) is 112 cm³/mol. The van der Waals surface area contributed by atoms with Crippen molar-refractivity contribution < 1.29 is 22.4 Å². The van der Waals surface area contributed by atoms with Crippen LogP contribution in [-0.4, -0.2) is 44.5 Å². The molecule has 3 rings (SSSR count). The second-order valence-corrected chi connectivity index (χ2v) is 9.42. The van der Waals surface area contributed by atoms with Gasteiger partial charge < -0.3 is 14.5 Å². The molecule has 1 aromatic heterocycles. The predicted octanol–water partition coefficient (Wildman–Crippen LogP) is 3.08. The summed E-state index contributed by atoms with van der Waals surface area (Å²) in [6.45, 7) is 2.08. The molecule has 9 heteroatoms. The Balaban J connectivity index is 1.54. The van der Waals surface area contributed by atoms with Crippen molar-refractivity contribution in [3.05, 3.63) is 48.0 Å². The maximum absolute atomic E-state index is 12.1. The molecule has 7 nitrogen and oxygen atoms in total. The van der Waals surface area contributed by atoms with Crippen LogP contribution in [0.25, 0.3) is 11.1 Å². The lowest BCUT2D eigenvalue weighted by Gasteiger charge is -2.08. The summed E-state index contributed by atoms with van der Waals surface area (Å²) in [7, 11) is -1.69. The van der Waals surface area contributed by atoms with E-state index in [-0.39, 0.29) is 22.3 Å². The SMILES string of the molecule is CCS(=O)(=O)c1ccc2oc(SCC(=O)NCCc3ccccc3OC)nc2c1. The van der Waals surface area contributed by atoms with E-state index in [2.05, 4.69) is 10.3 Å². The van der Waals surface area contributed by atoms with Crippen LogP contribution in [0.1, 0.15) is 12.5 Å². The third-order valence-electron chi connectivity index (χ3n) is 4.31. The highest BCUT2D eigenvalue weighted by Gasteiger charge is 2.15. The maximum atomic E-state index is 12.1. The highest BCUT2D eigenvalue weighted by Crippen LogP contribution is 2.25. The fraction of sp³-hybridized carbons (Fsp3) is 0.300. The third-order valence-corrected chi connectivity index (χ3v) is 6.87. The standard InChI is InChI=1S/C20H22N2O5S2/c1-3-29(24,25)15-8-9-18-16(12-15)22-20(27-18)28-13-19(23)21-11-10-14-6-4-5-7-17(14)26-2/h4-9,12H,3,10-11,13H2,1-2H3,(H,21,23). The molecule has 29 heavy (non-hydrogen) atoms. The highest BCUT2D eigenvalue weighted by atomic mass is 32.2. The van der Waals surface area contributed by atoms with Crippen LogP contribution in [-0.2, 0) is 21.1 Å². The topological polar surface area (TPSA) is 98.5 Å². The van der Waals surface area contributed by atoms with Gasteiger partial charge in [0.15, 0.2) is 15.4 Å². The molecule has 0 unspecified atom stereocenters. The van der Waals surface area contributed by atoms with Crippen molar-refractivity contribution in [2.24, 2.45) is 0 Å². The van der Waals surface area contributed by atoms with Crippen LogP contribution in [0.4, 0.5) is 0 Å². The van der Waals surface area contributed by atoms with Crippen LogP contribution in [0.3, 0.4) is 0 Å². The van der Waals surface area contributed by atoms with Crippen molar-refractivity contribution in [2.75, 3.05) is 25.2 Å². The second kappa shape index (κ2) is 9.32. The number of hydrogen-bond donors (Lipinski definition) is 1. The maximum Gasteiger partial charge on any atom is 0.257 e. The van der Waals surface area contributed by atoms with E-state index in [0.717, 1.165) is 23.1 Å². The van der Waals surface area contributed by atoms with Gasteiger partial charge in [-0.05, 0) is 36.2 Å². The number of sulfone groups is 1. The van der Waals surface area contributed by atoms with Crippen LogP contribution in [0, 0.1) is 0 Å². The molecule has 0 spiro atoms. The van der Waals surface area contributed by atoms with Crippen molar-refractivity contribution >= 4 is 38.6 Å². The molecule has 0 aliphatic heterocycles. The van der Waals surface area contributed by atoms with E-state index in [1.54, 1.807) is 20.1 Å². The summed E-state index contributed by atoms with van der Waals surface area (Å²) >= 11 is 1.16. The summed E-state index contributed by atoms with van der Waals surface area (Å²) < 4.78 is 34.9. The number of nitrogens with one attached hydrogen (secondary N) is 1. The van der Waals surface area contributed by atoms with Crippen LogP contribution < -0.4 is 10.1 Å². The van der Waals surface area contributed by atoms with Gasteiger partial charge in [-0.1, -0.05) is 36.9 Å². The summed E-state index contributed by atoms with van der Waals surface area (Å²) in [5.41, 5.74) is 1.97. The van der Waals surface area contributed by atoms with Gasteiger partial charge in [0, 0.05) is 6.54 Å². The highest BCUT2D eigenvalue weighted by molar-refractivity contribution is 7.99. The van der Waals surface area contributed by atoms with Crippen molar-refractivity contribution in [1.82, 2.24) is 10.3 Å². The zero-order valence-electron chi connectivity index (χ0n) is 16.2. The Hall–Kier alpha value is -2.52. The van der Waals surface area contributed by atoms with Crippen LogP contribution in [0.2, 0.25) is 0 Å². The molecule has 0 fully saturated rings. The number of hydrogen-bond acceptors (Lipinski definition) is 7. The van der Waals surface area contributed by atoms with Gasteiger partial charge in [-0.25, -0.2) is 13.4 Å². The number of methoxy groups -OCH3 is 1. The van der Waals surface area contributed by atoms with Gasteiger partial charge in [0.2, 0.25) is 5.91 Å². The summed E-state index contributed by atoms with van der Waals surface area (Å²) in [5.74, 6) is 0.833. The fourth-order valence-corrected chi connectivity index (χ4v) is 4.30. The summed E-state index contributed by atoms with van der Waals surface area (Å²) in [6.07, 6.45) is 0.665. The number of ether oxygens (including phenoxy) is 1. The first-order valence-electron chi connectivity index (χ1n) is 9.07. The minimum absolute atomic E-state index is 0.0208. The van der Waals surface area contributed by atoms with Crippen LogP contribution >= 0.6 is 11.8 Å². The lowest BCUT2D eigenvalue weighted by atomic mass is 10.1. The van der Waals surface area contributed by atoms with Crippen LogP contribution in [0.5, 0.6) is 5.75 Å². The Kier molecular flexibility index (Phi) is 6.81. The number of amides is 1. The first-order chi connectivity index (χ1) is 13.9. The number of nitrogens with zero attached hydrogens (tertiary/aromatic N) is 1. The van der Waals surface area contributed by atoms with Crippen LogP contribution in [0.15, 0.2) is 57.0 Å². The molecule has 0 bridgehead atoms. The molecule has 0 aliphatic carbocycles. The molecular weight excluding hydrogens is 412 g/mol. The van der Waals surface area contributed by atoms with Crippen molar-refractivity contribution in [3.63, 3.8) is 0 Å². The molecule has 0 saturated heterocycles. The minimum atomic E-state index is -3.31. The van der Waals surface area contributed by atoms with E-state index in [4.69, 9.17) is 9.15 Å². The lowest BCUT2D eigenvalue weighted by Crippen LogP contribution is -2.27. The minimum Gasteiger partial charge on any atom is -0.496 e. The van der Waals surface area contributed by atoms with Gasteiger partial charge in [-0.2, -0.15) is 0 Å². The summed E-state index contributed by atoms with van der Waals surface area (Å²) in [5, 5.41) is 3.18. The number of benzene rings is 2. The van der Waals surface area contributed by atoms with E-state index in [9.17, 15) is 13.2 Å². The van der Waals surface area contributed by atoms with Gasteiger partial charge in [-0.15, -0.1) is 0 Å². The Morgan fingerprint density at radius 3 is 2.79 bits per heavy atom. The molecule has 2 aromatic carbocycles. The Bertz CT molecular complexity index is 1110. The number of oxazole rings is 1. The molecule has 1 amide bonds. The number of thioether (sulfide) groups is 1. The molecule has 0 aliphatic rings. The lowest BCUT2D eigenvalue weighted by molar-refractivity contribution is -0.118. The number of carbonyl (C=O) groups excluding carboxylic acids is 1. The van der Waals surface area contributed by atoms with Gasteiger partial charge in [0.1, 0.15) is 11.3 Å². The van der Waals surface area contributed by atoms with Crippen molar-refractivity contribution in [2.45, 2.75) is 23.5 Å². The van der Waals surface area contributed by atoms with Crippen molar-refractivity contribution in [1.29, 1.82) is 0 Å². The van der Waals surface area contributed by atoms with E-state index < -0.39 is 9.84 Å². The Labute approximate surface area is 173 Å². The normalized spacial score (nSPS) is 11.5.